The number of halogens is 2. The molecule has 0 radical (unpaired) electrons. The molecule has 3 rings (SSSR count). The lowest BCUT2D eigenvalue weighted by Crippen LogP contribution is -2.33. The quantitative estimate of drug-likeness (QED) is 0.782. The average molecular weight is 353 g/mol. The van der Waals surface area contributed by atoms with Gasteiger partial charge in [-0.2, -0.15) is 0 Å². The predicted molar refractivity (Wildman–Crippen MR) is 91.1 cm³/mol. The Morgan fingerprint density at radius 1 is 1.26 bits per heavy atom. The fourth-order valence-corrected chi connectivity index (χ4v) is 3.30. The first-order valence-corrected chi connectivity index (χ1v) is 7.74. The molecule has 2 aromatic carbocycles. The summed E-state index contributed by atoms with van der Waals surface area (Å²) in [4.78, 5) is 13.2. The maximum absolute atomic E-state index is 11.1. The Kier molecular flexibility index (Phi) is 4.24. The van der Waals surface area contributed by atoms with E-state index in [1.165, 1.54) is 12.1 Å². The molecule has 0 saturated heterocycles. The number of nitrogens with one attached hydrogen (secondary N) is 1. The Morgan fingerprint density at radius 2 is 2.04 bits per heavy atom. The standard InChI is InChI=1S/C16H14Cl2N2O3/c17-10-6-12(18)15-13(7-10)19-3-4-20(15)8-9-1-2-14(21)11(5-9)16(22)23/h1-2,5-7,19,21H,3-4,8H2,(H,22,23). The van der Waals surface area contributed by atoms with Crippen LogP contribution in [0.4, 0.5) is 11.4 Å². The summed E-state index contributed by atoms with van der Waals surface area (Å²) < 4.78 is 0. The highest BCUT2D eigenvalue weighted by atomic mass is 35.5. The van der Waals surface area contributed by atoms with Crippen molar-refractivity contribution in [1.82, 2.24) is 0 Å². The number of hydrogen-bond acceptors (Lipinski definition) is 4. The van der Waals surface area contributed by atoms with Gasteiger partial charge in [0.25, 0.3) is 0 Å². The van der Waals surface area contributed by atoms with Crippen molar-refractivity contribution in [1.29, 1.82) is 0 Å². The van der Waals surface area contributed by atoms with Gasteiger partial charge < -0.3 is 20.4 Å². The third-order valence-corrected chi connectivity index (χ3v) is 4.21. The molecule has 1 heterocycles. The van der Waals surface area contributed by atoms with Crippen LogP contribution < -0.4 is 10.2 Å². The molecule has 3 N–H and O–H groups in total. The average Bonchev–Trinajstić information content (AvgIpc) is 2.48. The third-order valence-electron chi connectivity index (χ3n) is 3.71. The largest absolute Gasteiger partial charge is 0.507 e. The molecule has 0 spiro atoms. The van der Waals surface area contributed by atoms with Crippen molar-refractivity contribution in [2.45, 2.75) is 6.54 Å². The summed E-state index contributed by atoms with van der Waals surface area (Å²) in [6.07, 6.45) is 0. The predicted octanol–water partition coefficient (Wildman–Crippen LogP) is 3.83. The summed E-state index contributed by atoms with van der Waals surface area (Å²) in [5, 5.41) is 23.1. The number of hydrogen-bond donors (Lipinski definition) is 3. The van der Waals surface area contributed by atoms with E-state index in [0.717, 1.165) is 30.0 Å². The maximum Gasteiger partial charge on any atom is 0.339 e. The van der Waals surface area contributed by atoms with E-state index in [4.69, 9.17) is 28.3 Å². The molecule has 120 valence electrons. The van der Waals surface area contributed by atoms with Crippen molar-refractivity contribution < 1.29 is 15.0 Å². The molecule has 7 heteroatoms. The van der Waals surface area contributed by atoms with E-state index in [9.17, 15) is 9.90 Å². The molecule has 0 bridgehead atoms. The van der Waals surface area contributed by atoms with Gasteiger partial charge in [0.1, 0.15) is 11.3 Å². The zero-order chi connectivity index (χ0) is 16.6. The minimum absolute atomic E-state index is 0.111. The first-order valence-electron chi connectivity index (χ1n) is 6.99. The van der Waals surface area contributed by atoms with Crippen LogP contribution in [0.2, 0.25) is 10.0 Å². The van der Waals surface area contributed by atoms with E-state index in [1.54, 1.807) is 12.1 Å². The number of aromatic hydroxyl groups is 1. The number of carboxylic acid groups (broad SMARTS) is 1. The summed E-state index contributed by atoms with van der Waals surface area (Å²) in [6.45, 7) is 1.93. The zero-order valence-corrected chi connectivity index (χ0v) is 13.5. The third kappa shape index (κ3) is 3.16. The van der Waals surface area contributed by atoms with Crippen molar-refractivity contribution in [3.63, 3.8) is 0 Å². The first-order chi connectivity index (χ1) is 11.0. The van der Waals surface area contributed by atoms with Gasteiger partial charge in [-0.05, 0) is 29.8 Å². The molecule has 0 amide bonds. The van der Waals surface area contributed by atoms with E-state index in [-0.39, 0.29) is 11.3 Å². The normalized spacial score (nSPS) is 13.4. The number of phenols is 1. The van der Waals surface area contributed by atoms with Crippen LogP contribution in [0.25, 0.3) is 0 Å². The lowest BCUT2D eigenvalue weighted by Gasteiger charge is -2.33. The summed E-state index contributed by atoms with van der Waals surface area (Å²) in [6, 6.07) is 8.07. The molecule has 0 aliphatic carbocycles. The van der Waals surface area contributed by atoms with Crippen LogP contribution in [0.5, 0.6) is 5.75 Å². The number of benzene rings is 2. The van der Waals surface area contributed by atoms with Crippen molar-refractivity contribution in [2.75, 3.05) is 23.3 Å². The minimum Gasteiger partial charge on any atom is -0.507 e. The monoisotopic (exact) mass is 352 g/mol. The molecule has 2 aromatic rings. The zero-order valence-electron chi connectivity index (χ0n) is 12.0. The Balaban J connectivity index is 1.94. The second-order valence-corrected chi connectivity index (χ2v) is 6.13. The van der Waals surface area contributed by atoms with E-state index in [2.05, 4.69) is 10.2 Å². The van der Waals surface area contributed by atoms with Crippen molar-refractivity contribution in [3.8, 4) is 5.75 Å². The number of nitrogens with zero attached hydrogens (tertiary/aromatic N) is 1. The van der Waals surface area contributed by atoms with Gasteiger partial charge in [-0.1, -0.05) is 29.3 Å². The molecular formula is C16H14Cl2N2O3. The van der Waals surface area contributed by atoms with Crippen molar-refractivity contribution >= 4 is 40.5 Å². The molecule has 0 saturated carbocycles. The van der Waals surface area contributed by atoms with Gasteiger partial charge in [-0.25, -0.2) is 4.79 Å². The van der Waals surface area contributed by atoms with Gasteiger partial charge in [0.15, 0.2) is 0 Å². The fourth-order valence-electron chi connectivity index (χ4n) is 2.69. The number of anilines is 2. The molecule has 1 aliphatic rings. The summed E-state index contributed by atoms with van der Waals surface area (Å²) >= 11 is 12.3. The van der Waals surface area contributed by atoms with Gasteiger partial charge >= 0.3 is 5.97 Å². The molecule has 0 aromatic heterocycles. The van der Waals surface area contributed by atoms with Gasteiger partial charge in [0.05, 0.1) is 16.4 Å². The highest BCUT2D eigenvalue weighted by molar-refractivity contribution is 6.37. The van der Waals surface area contributed by atoms with Gasteiger partial charge in [0.2, 0.25) is 0 Å². The molecule has 1 aliphatic heterocycles. The molecular weight excluding hydrogens is 339 g/mol. The Labute approximate surface area is 143 Å². The Hall–Kier alpha value is -2.11. The number of carbonyl (C=O) groups is 1. The summed E-state index contributed by atoms with van der Waals surface area (Å²) in [7, 11) is 0. The second kappa shape index (κ2) is 6.18. The van der Waals surface area contributed by atoms with E-state index in [0.29, 0.717) is 16.6 Å². The maximum atomic E-state index is 11.1. The lowest BCUT2D eigenvalue weighted by molar-refractivity contribution is 0.0693. The van der Waals surface area contributed by atoms with Crippen LogP contribution >= 0.6 is 23.2 Å². The van der Waals surface area contributed by atoms with Gasteiger partial charge in [-0.15, -0.1) is 0 Å². The smallest absolute Gasteiger partial charge is 0.339 e. The number of fused-ring (bicyclic) bond motifs is 1. The van der Waals surface area contributed by atoms with Crippen LogP contribution in [0.3, 0.4) is 0 Å². The number of rotatable bonds is 3. The van der Waals surface area contributed by atoms with Crippen molar-refractivity contribution in [2.24, 2.45) is 0 Å². The van der Waals surface area contributed by atoms with E-state index >= 15 is 0 Å². The number of carboxylic acids is 1. The van der Waals surface area contributed by atoms with Crippen LogP contribution in [0, 0.1) is 0 Å². The van der Waals surface area contributed by atoms with Crippen LogP contribution in [0.15, 0.2) is 30.3 Å². The molecule has 5 nitrogen and oxygen atoms in total. The fraction of sp³-hybridized carbons (Fsp3) is 0.188. The van der Waals surface area contributed by atoms with Crippen LogP contribution in [-0.2, 0) is 6.54 Å². The highest BCUT2D eigenvalue weighted by Gasteiger charge is 2.21. The summed E-state index contributed by atoms with van der Waals surface area (Å²) in [5.74, 6) is -1.40. The molecule has 0 atom stereocenters. The molecule has 23 heavy (non-hydrogen) atoms. The highest BCUT2D eigenvalue weighted by Crippen LogP contribution is 2.39. The van der Waals surface area contributed by atoms with Gasteiger partial charge in [-0.3, -0.25) is 0 Å². The first kappa shape index (κ1) is 15.8. The Bertz CT molecular complexity index is 780. The van der Waals surface area contributed by atoms with Crippen LogP contribution in [0.1, 0.15) is 15.9 Å². The summed E-state index contributed by atoms with van der Waals surface area (Å²) in [5.41, 5.74) is 2.36. The second-order valence-electron chi connectivity index (χ2n) is 5.29. The Morgan fingerprint density at radius 3 is 2.78 bits per heavy atom. The SMILES string of the molecule is O=C(O)c1cc(CN2CCNc3cc(Cl)cc(Cl)c32)ccc1O. The minimum atomic E-state index is -1.16. The van der Waals surface area contributed by atoms with Crippen molar-refractivity contribution in [3.05, 3.63) is 51.5 Å². The van der Waals surface area contributed by atoms with Crippen LogP contribution in [-0.4, -0.2) is 29.3 Å². The number of aromatic carboxylic acids is 1. The molecule has 0 fully saturated rings. The van der Waals surface area contributed by atoms with Gasteiger partial charge in [0, 0.05) is 24.7 Å². The molecule has 0 unspecified atom stereocenters. The lowest BCUT2D eigenvalue weighted by atomic mass is 10.1. The van der Waals surface area contributed by atoms with E-state index in [1.807, 2.05) is 6.07 Å². The topological polar surface area (TPSA) is 72.8 Å². The van der Waals surface area contributed by atoms with E-state index < -0.39 is 5.97 Å².